The lowest BCUT2D eigenvalue weighted by Crippen LogP contribution is -2.06. The molecule has 0 saturated carbocycles. The summed E-state index contributed by atoms with van der Waals surface area (Å²) in [5.41, 5.74) is 4.27. The normalized spacial score (nSPS) is 10.9. The van der Waals surface area contributed by atoms with Crippen LogP contribution in [-0.4, -0.2) is 21.4 Å². The van der Waals surface area contributed by atoms with E-state index in [1.165, 1.54) is 22.7 Å². The van der Waals surface area contributed by atoms with Crippen LogP contribution in [0.5, 0.6) is 0 Å². The highest BCUT2D eigenvalue weighted by Gasteiger charge is 2.11. The summed E-state index contributed by atoms with van der Waals surface area (Å²) in [6, 6.07) is 8.07. The Morgan fingerprint density at radius 1 is 1.30 bits per heavy atom. The average Bonchev–Trinajstić information content (AvgIpc) is 2.89. The van der Waals surface area contributed by atoms with E-state index in [1.807, 2.05) is 6.20 Å². The number of hydrogen-bond donors (Lipinski definition) is 2. The maximum absolute atomic E-state index is 10.8. The van der Waals surface area contributed by atoms with Gasteiger partial charge in [-0.15, -0.1) is 0 Å². The molecule has 118 valence electrons. The van der Waals surface area contributed by atoms with Crippen LogP contribution in [0.15, 0.2) is 36.7 Å². The Morgan fingerprint density at radius 2 is 2.13 bits per heavy atom. The number of hydrogen-bond acceptors (Lipinski definition) is 4. The Morgan fingerprint density at radius 3 is 2.87 bits per heavy atom. The number of nitrogens with one attached hydrogen (secondary N) is 2. The quantitative estimate of drug-likeness (QED) is 0.555. The number of nitrogens with zero attached hydrogens (tertiary/aromatic N) is 2. The molecule has 0 atom stereocenters. The summed E-state index contributed by atoms with van der Waals surface area (Å²) in [6.45, 7) is 4.50. The highest BCUT2D eigenvalue weighted by Crippen LogP contribution is 2.21. The van der Waals surface area contributed by atoms with E-state index in [4.69, 9.17) is 0 Å². The fourth-order valence-corrected chi connectivity index (χ4v) is 2.67. The highest BCUT2D eigenvalue weighted by molar-refractivity contribution is 5.83. The Hall–Kier alpha value is -2.89. The van der Waals surface area contributed by atoms with E-state index < -0.39 is 4.92 Å². The predicted molar refractivity (Wildman–Crippen MR) is 90.9 cm³/mol. The molecular weight excluding hydrogens is 292 g/mol. The fourth-order valence-electron chi connectivity index (χ4n) is 2.67. The molecule has 3 rings (SSSR count). The number of anilines is 1. The van der Waals surface area contributed by atoms with Crippen molar-refractivity contribution < 1.29 is 4.92 Å². The first-order valence-electron chi connectivity index (χ1n) is 7.46. The monoisotopic (exact) mass is 310 g/mol. The molecule has 0 aliphatic rings. The van der Waals surface area contributed by atoms with Crippen molar-refractivity contribution in [3.05, 3.63) is 63.5 Å². The van der Waals surface area contributed by atoms with Crippen molar-refractivity contribution in [2.45, 2.75) is 20.3 Å². The molecule has 0 spiro atoms. The van der Waals surface area contributed by atoms with E-state index in [2.05, 4.69) is 40.4 Å². The maximum atomic E-state index is 10.8. The minimum Gasteiger partial charge on any atom is -0.370 e. The minimum atomic E-state index is -0.417. The molecular formula is C17H18N4O2. The van der Waals surface area contributed by atoms with Gasteiger partial charge < -0.3 is 10.3 Å². The van der Waals surface area contributed by atoms with Gasteiger partial charge in [-0.05, 0) is 43.5 Å². The molecule has 0 saturated heterocycles. The summed E-state index contributed by atoms with van der Waals surface area (Å²) in [5.74, 6) is 0.656. The van der Waals surface area contributed by atoms with E-state index >= 15 is 0 Å². The number of rotatable bonds is 5. The first-order valence-corrected chi connectivity index (χ1v) is 7.46. The molecule has 0 radical (unpaired) electrons. The molecule has 6 heteroatoms. The standard InChI is InChI=1S/C17H18N4O2/c1-11-3-4-14-13(9-19-15(14)7-11)5-6-18-17-8-12(2)16(10-20-17)21(22)23/h3-4,7-10,19H,5-6H2,1-2H3,(H,18,20). The zero-order valence-corrected chi connectivity index (χ0v) is 13.1. The summed E-state index contributed by atoms with van der Waals surface area (Å²) in [7, 11) is 0. The van der Waals surface area contributed by atoms with Gasteiger partial charge in [0.2, 0.25) is 0 Å². The lowest BCUT2D eigenvalue weighted by Gasteiger charge is -2.06. The number of aromatic nitrogens is 2. The van der Waals surface area contributed by atoms with Crippen molar-refractivity contribution in [3.8, 4) is 0 Å². The number of aryl methyl sites for hydroxylation is 2. The number of benzene rings is 1. The zero-order valence-electron chi connectivity index (χ0n) is 13.1. The van der Waals surface area contributed by atoms with Crippen LogP contribution in [0.3, 0.4) is 0 Å². The van der Waals surface area contributed by atoms with Gasteiger partial charge >= 0.3 is 0 Å². The van der Waals surface area contributed by atoms with Crippen LogP contribution in [0.2, 0.25) is 0 Å². The molecule has 0 unspecified atom stereocenters. The third-order valence-corrected chi connectivity index (χ3v) is 3.90. The molecule has 2 aromatic heterocycles. The Balaban J connectivity index is 1.67. The van der Waals surface area contributed by atoms with Gasteiger partial charge in [0.05, 0.1) is 4.92 Å². The molecule has 6 nitrogen and oxygen atoms in total. The van der Waals surface area contributed by atoms with Gasteiger partial charge in [0.1, 0.15) is 12.0 Å². The molecule has 1 aromatic carbocycles. The number of pyridine rings is 1. The van der Waals surface area contributed by atoms with Crippen LogP contribution < -0.4 is 5.32 Å². The second-order valence-corrected chi connectivity index (χ2v) is 5.65. The SMILES string of the molecule is Cc1ccc2c(CCNc3cc(C)c([N+](=O)[O-])cn3)c[nH]c2c1. The van der Waals surface area contributed by atoms with E-state index in [0.717, 1.165) is 11.9 Å². The van der Waals surface area contributed by atoms with Crippen molar-refractivity contribution in [3.63, 3.8) is 0 Å². The van der Waals surface area contributed by atoms with E-state index in [9.17, 15) is 10.1 Å². The van der Waals surface area contributed by atoms with E-state index in [1.54, 1.807) is 13.0 Å². The topological polar surface area (TPSA) is 83.8 Å². The number of nitro groups is 1. The van der Waals surface area contributed by atoms with Crippen molar-refractivity contribution in [2.24, 2.45) is 0 Å². The Kier molecular flexibility index (Phi) is 3.97. The molecule has 0 bridgehead atoms. The molecule has 0 amide bonds. The lowest BCUT2D eigenvalue weighted by molar-refractivity contribution is -0.385. The number of H-pyrrole nitrogens is 1. The van der Waals surface area contributed by atoms with Crippen LogP contribution in [-0.2, 0) is 6.42 Å². The van der Waals surface area contributed by atoms with Gasteiger partial charge in [-0.1, -0.05) is 12.1 Å². The van der Waals surface area contributed by atoms with Crippen molar-refractivity contribution in [1.82, 2.24) is 9.97 Å². The molecule has 2 N–H and O–H groups in total. The molecule has 0 aliphatic heterocycles. The van der Waals surface area contributed by atoms with Crippen LogP contribution >= 0.6 is 0 Å². The molecule has 23 heavy (non-hydrogen) atoms. The summed E-state index contributed by atoms with van der Waals surface area (Å²) in [6.07, 6.45) is 4.17. The Labute approximate surface area is 133 Å². The minimum absolute atomic E-state index is 0.0440. The van der Waals surface area contributed by atoms with Crippen molar-refractivity contribution in [1.29, 1.82) is 0 Å². The lowest BCUT2D eigenvalue weighted by atomic mass is 10.1. The van der Waals surface area contributed by atoms with Crippen molar-refractivity contribution in [2.75, 3.05) is 11.9 Å². The summed E-state index contributed by atoms with van der Waals surface area (Å²) in [5, 5.41) is 15.2. The van der Waals surface area contributed by atoms with Gasteiger partial charge in [0.25, 0.3) is 5.69 Å². The van der Waals surface area contributed by atoms with Crippen LogP contribution in [0.25, 0.3) is 10.9 Å². The van der Waals surface area contributed by atoms with E-state index in [-0.39, 0.29) is 5.69 Å². The third kappa shape index (κ3) is 3.15. The molecule has 3 aromatic rings. The van der Waals surface area contributed by atoms with Gasteiger partial charge in [0.15, 0.2) is 0 Å². The van der Waals surface area contributed by atoms with Gasteiger partial charge in [-0.25, -0.2) is 4.98 Å². The summed E-state index contributed by atoms with van der Waals surface area (Å²) in [4.78, 5) is 17.8. The van der Waals surface area contributed by atoms with Gasteiger partial charge in [-0.3, -0.25) is 10.1 Å². The number of fused-ring (bicyclic) bond motifs is 1. The van der Waals surface area contributed by atoms with Crippen LogP contribution in [0.4, 0.5) is 11.5 Å². The van der Waals surface area contributed by atoms with Gasteiger partial charge in [-0.2, -0.15) is 0 Å². The summed E-state index contributed by atoms with van der Waals surface area (Å²) < 4.78 is 0. The molecule has 0 aliphatic carbocycles. The number of aromatic amines is 1. The van der Waals surface area contributed by atoms with E-state index in [0.29, 0.717) is 17.9 Å². The van der Waals surface area contributed by atoms with Crippen LogP contribution in [0, 0.1) is 24.0 Å². The van der Waals surface area contributed by atoms with Crippen LogP contribution in [0.1, 0.15) is 16.7 Å². The van der Waals surface area contributed by atoms with Gasteiger partial charge in [0, 0.05) is 29.2 Å². The summed E-state index contributed by atoms with van der Waals surface area (Å²) >= 11 is 0. The predicted octanol–water partition coefficient (Wildman–Crippen LogP) is 3.74. The largest absolute Gasteiger partial charge is 0.370 e. The fraction of sp³-hybridized carbons (Fsp3) is 0.235. The first-order chi connectivity index (χ1) is 11.0. The maximum Gasteiger partial charge on any atom is 0.290 e. The second kappa shape index (κ2) is 6.08. The van der Waals surface area contributed by atoms with Crippen molar-refractivity contribution >= 4 is 22.4 Å². The second-order valence-electron chi connectivity index (χ2n) is 5.65. The zero-order chi connectivity index (χ0) is 16.4. The average molecular weight is 310 g/mol. The third-order valence-electron chi connectivity index (χ3n) is 3.90. The molecule has 2 heterocycles. The smallest absolute Gasteiger partial charge is 0.290 e. The Bertz CT molecular complexity index is 870. The molecule has 0 fully saturated rings. The highest BCUT2D eigenvalue weighted by atomic mass is 16.6. The first kappa shape index (κ1) is 15.0.